The molecule has 0 unspecified atom stereocenters. The zero-order chi connectivity index (χ0) is 27.5. The summed E-state index contributed by atoms with van der Waals surface area (Å²) >= 11 is 0. The summed E-state index contributed by atoms with van der Waals surface area (Å²) in [5, 5.41) is 6.36. The summed E-state index contributed by atoms with van der Waals surface area (Å²) in [7, 11) is 0. The van der Waals surface area contributed by atoms with Crippen molar-refractivity contribution in [3.63, 3.8) is 0 Å². The maximum atomic E-state index is 13.8. The van der Waals surface area contributed by atoms with Crippen LogP contribution in [0.25, 0.3) is 0 Å². The first kappa shape index (κ1) is 29.0. The standard InChI is InChI=1S/C30H38F2N4O2/c1-4-11-36(12-5-2)30(38)24-14-21(3)13-23(18-24)29(37)35-27(8-10-33-20-28-7-6-9-34-28)17-22-15-25(31)19-26(32)16-22/h6-7,9,13-16,18-19,27,33-34H,4-5,8,10-12,17,20H2,1-3H3,(H,35,37)/t27-/m1/s1. The van der Waals surface area contributed by atoms with E-state index in [1.165, 1.54) is 12.1 Å². The van der Waals surface area contributed by atoms with E-state index in [4.69, 9.17) is 0 Å². The van der Waals surface area contributed by atoms with Gasteiger partial charge in [0, 0.05) is 54.8 Å². The lowest BCUT2D eigenvalue weighted by molar-refractivity contribution is 0.0755. The molecule has 6 nitrogen and oxygen atoms in total. The van der Waals surface area contributed by atoms with E-state index in [0.717, 1.165) is 30.2 Å². The summed E-state index contributed by atoms with van der Waals surface area (Å²) in [6.45, 7) is 8.45. The van der Waals surface area contributed by atoms with Gasteiger partial charge in [0.1, 0.15) is 11.6 Å². The number of rotatable bonds is 14. The Hall–Kier alpha value is -3.52. The van der Waals surface area contributed by atoms with Crippen LogP contribution in [0.2, 0.25) is 0 Å². The molecule has 3 aromatic rings. The number of H-pyrrole nitrogens is 1. The van der Waals surface area contributed by atoms with Gasteiger partial charge in [0.05, 0.1) is 0 Å². The maximum Gasteiger partial charge on any atom is 0.253 e. The van der Waals surface area contributed by atoms with Gasteiger partial charge in [0.25, 0.3) is 11.8 Å². The Labute approximate surface area is 223 Å². The summed E-state index contributed by atoms with van der Waals surface area (Å²) in [6, 6.07) is 12.1. The Morgan fingerprint density at radius 1 is 0.974 bits per heavy atom. The van der Waals surface area contributed by atoms with Gasteiger partial charge in [0.15, 0.2) is 0 Å². The second kappa shape index (κ2) is 14.4. The first-order chi connectivity index (χ1) is 18.3. The van der Waals surface area contributed by atoms with Gasteiger partial charge in [-0.3, -0.25) is 9.59 Å². The van der Waals surface area contributed by atoms with Crippen molar-refractivity contribution in [3.8, 4) is 0 Å². The van der Waals surface area contributed by atoms with Crippen LogP contribution in [0, 0.1) is 18.6 Å². The lowest BCUT2D eigenvalue weighted by Gasteiger charge is -2.22. The number of nitrogens with one attached hydrogen (secondary N) is 3. The number of aromatic amines is 1. The van der Waals surface area contributed by atoms with Crippen molar-refractivity contribution in [1.29, 1.82) is 0 Å². The molecule has 0 radical (unpaired) electrons. The Morgan fingerprint density at radius 2 is 1.66 bits per heavy atom. The fraction of sp³-hybridized carbons (Fsp3) is 0.400. The number of aryl methyl sites for hydroxylation is 1. The van der Waals surface area contributed by atoms with Crippen molar-refractivity contribution in [1.82, 2.24) is 20.5 Å². The van der Waals surface area contributed by atoms with E-state index in [2.05, 4.69) is 15.6 Å². The molecule has 0 fully saturated rings. The predicted octanol–water partition coefficient (Wildman–Crippen LogP) is 5.38. The first-order valence-corrected chi connectivity index (χ1v) is 13.3. The van der Waals surface area contributed by atoms with Gasteiger partial charge in [0.2, 0.25) is 0 Å². The van der Waals surface area contributed by atoms with Crippen LogP contribution in [0.4, 0.5) is 8.78 Å². The summed E-state index contributed by atoms with van der Waals surface area (Å²) in [6.07, 6.45) is 4.37. The molecule has 1 atom stereocenters. The first-order valence-electron chi connectivity index (χ1n) is 13.3. The van der Waals surface area contributed by atoms with Crippen molar-refractivity contribution in [3.05, 3.63) is 94.3 Å². The fourth-order valence-electron chi connectivity index (χ4n) is 4.56. The summed E-state index contributed by atoms with van der Waals surface area (Å²) in [4.78, 5) is 31.4. The molecule has 0 aliphatic carbocycles. The third kappa shape index (κ3) is 8.80. The number of halogens is 2. The van der Waals surface area contributed by atoms with Gasteiger partial charge in [-0.25, -0.2) is 8.78 Å². The highest BCUT2D eigenvalue weighted by Gasteiger charge is 2.20. The number of carbonyl (C=O) groups is 2. The van der Waals surface area contributed by atoms with E-state index in [0.29, 0.717) is 49.3 Å². The number of amides is 2. The fourth-order valence-corrected chi connectivity index (χ4v) is 4.56. The molecule has 8 heteroatoms. The Bertz CT molecular complexity index is 1170. The highest BCUT2D eigenvalue weighted by molar-refractivity contribution is 6.00. The van der Waals surface area contributed by atoms with Gasteiger partial charge in [-0.05, 0) is 92.7 Å². The Balaban J connectivity index is 1.75. The average molecular weight is 525 g/mol. The van der Waals surface area contributed by atoms with E-state index < -0.39 is 11.6 Å². The Morgan fingerprint density at radius 3 is 2.29 bits per heavy atom. The smallest absolute Gasteiger partial charge is 0.253 e. The van der Waals surface area contributed by atoms with Crippen molar-refractivity contribution < 1.29 is 18.4 Å². The zero-order valence-corrected chi connectivity index (χ0v) is 22.4. The number of hydrogen-bond acceptors (Lipinski definition) is 3. The van der Waals surface area contributed by atoms with Gasteiger partial charge in [-0.15, -0.1) is 0 Å². The number of hydrogen-bond donors (Lipinski definition) is 3. The molecule has 0 spiro atoms. The molecular formula is C30H38F2N4O2. The molecule has 3 N–H and O–H groups in total. The minimum atomic E-state index is -0.652. The molecule has 3 rings (SSSR count). The second-order valence-corrected chi connectivity index (χ2v) is 9.69. The van der Waals surface area contributed by atoms with Crippen LogP contribution in [0.3, 0.4) is 0 Å². The van der Waals surface area contributed by atoms with Crippen LogP contribution in [-0.4, -0.2) is 47.4 Å². The molecule has 0 bridgehead atoms. The molecule has 1 aromatic heterocycles. The molecule has 0 saturated carbocycles. The lowest BCUT2D eigenvalue weighted by Crippen LogP contribution is -2.39. The van der Waals surface area contributed by atoms with Crippen molar-refractivity contribution in [2.75, 3.05) is 19.6 Å². The number of nitrogens with zero attached hydrogens (tertiary/aromatic N) is 1. The molecule has 0 saturated heterocycles. The van der Waals surface area contributed by atoms with E-state index in [1.807, 2.05) is 44.0 Å². The van der Waals surface area contributed by atoms with E-state index in [-0.39, 0.29) is 24.3 Å². The summed E-state index contributed by atoms with van der Waals surface area (Å²) < 4.78 is 27.7. The molecule has 2 amide bonds. The lowest BCUT2D eigenvalue weighted by atomic mass is 10.0. The van der Waals surface area contributed by atoms with E-state index >= 15 is 0 Å². The number of carbonyl (C=O) groups excluding carboxylic acids is 2. The van der Waals surface area contributed by atoms with Crippen LogP contribution >= 0.6 is 0 Å². The summed E-state index contributed by atoms with van der Waals surface area (Å²) in [5.41, 5.74) is 3.18. The molecule has 0 aliphatic heterocycles. The third-order valence-corrected chi connectivity index (χ3v) is 6.25. The quantitative estimate of drug-likeness (QED) is 0.248. The van der Waals surface area contributed by atoms with E-state index in [9.17, 15) is 18.4 Å². The average Bonchev–Trinajstić information content (AvgIpc) is 3.38. The van der Waals surface area contributed by atoms with Gasteiger partial charge in [-0.2, -0.15) is 0 Å². The van der Waals surface area contributed by atoms with Crippen LogP contribution in [-0.2, 0) is 13.0 Å². The predicted molar refractivity (Wildman–Crippen MR) is 146 cm³/mol. The molecule has 2 aromatic carbocycles. The monoisotopic (exact) mass is 524 g/mol. The van der Waals surface area contributed by atoms with Crippen molar-refractivity contribution in [2.45, 2.75) is 59.0 Å². The van der Waals surface area contributed by atoms with Crippen LogP contribution in [0.15, 0.2) is 54.7 Å². The SMILES string of the molecule is CCCN(CCC)C(=O)c1cc(C)cc(C(=O)N[C@H](CCNCc2ccc[nH]2)Cc2cc(F)cc(F)c2)c1. The number of aromatic nitrogens is 1. The highest BCUT2D eigenvalue weighted by Crippen LogP contribution is 2.16. The van der Waals surface area contributed by atoms with Crippen molar-refractivity contribution in [2.24, 2.45) is 0 Å². The topological polar surface area (TPSA) is 77.2 Å². The minimum Gasteiger partial charge on any atom is -0.364 e. The Kier molecular flexibility index (Phi) is 11.0. The van der Waals surface area contributed by atoms with Crippen LogP contribution < -0.4 is 10.6 Å². The van der Waals surface area contributed by atoms with Crippen LogP contribution in [0.1, 0.15) is 70.6 Å². The minimum absolute atomic E-state index is 0.0910. The summed E-state index contributed by atoms with van der Waals surface area (Å²) in [5.74, 6) is -1.72. The van der Waals surface area contributed by atoms with E-state index in [1.54, 1.807) is 18.2 Å². The molecule has 204 valence electrons. The highest BCUT2D eigenvalue weighted by atomic mass is 19.1. The third-order valence-electron chi connectivity index (χ3n) is 6.25. The maximum absolute atomic E-state index is 13.8. The van der Waals surface area contributed by atoms with Gasteiger partial charge in [-0.1, -0.05) is 13.8 Å². The molecular weight excluding hydrogens is 486 g/mol. The van der Waals surface area contributed by atoms with Crippen molar-refractivity contribution >= 4 is 11.8 Å². The largest absolute Gasteiger partial charge is 0.364 e. The van der Waals surface area contributed by atoms with Gasteiger partial charge >= 0.3 is 0 Å². The van der Waals surface area contributed by atoms with Gasteiger partial charge < -0.3 is 20.5 Å². The second-order valence-electron chi connectivity index (χ2n) is 9.69. The normalized spacial score (nSPS) is 11.8. The zero-order valence-electron chi connectivity index (χ0n) is 22.4. The molecule has 1 heterocycles. The molecule has 0 aliphatic rings. The van der Waals surface area contributed by atoms with Crippen LogP contribution in [0.5, 0.6) is 0 Å². The number of benzene rings is 2. The molecule has 38 heavy (non-hydrogen) atoms.